The van der Waals surface area contributed by atoms with Crippen LogP contribution in [0.25, 0.3) is 0 Å². The Labute approximate surface area is 141 Å². The summed E-state index contributed by atoms with van der Waals surface area (Å²) in [4.78, 5) is 0. The lowest BCUT2D eigenvalue weighted by Crippen LogP contribution is -2.64. The minimum Gasteiger partial charge on any atom is -0.390 e. The third-order valence-corrected chi connectivity index (χ3v) is 4.59. The summed E-state index contributed by atoms with van der Waals surface area (Å²) in [6.45, 7) is 0. The lowest BCUT2D eigenvalue weighted by molar-refractivity contribution is -0.354. The summed E-state index contributed by atoms with van der Waals surface area (Å²) in [6, 6.07) is 0. The SMILES string of the molecule is OC(O)C1CC(O)C(O)C(OC2OC(C(O)O)C(O)C(O)C2O)C1O. The molecule has 1 aliphatic heterocycles. The molecular formula is C13H24O12. The minimum absolute atomic E-state index is 0.340. The van der Waals surface area contributed by atoms with Gasteiger partial charge in [-0.05, 0) is 6.42 Å². The van der Waals surface area contributed by atoms with Crippen molar-refractivity contribution in [2.75, 3.05) is 0 Å². The van der Waals surface area contributed by atoms with Gasteiger partial charge in [-0.2, -0.15) is 0 Å². The average molecular weight is 372 g/mol. The van der Waals surface area contributed by atoms with Crippen LogP contribution in [0, 0.1) is 5.92 Å². The van der Waals surface area contributed by atoms with E-state index in [0.29, 0.717) is 0 Å². The van der Waals surface area contributed by atoms with E-state index in [1.165, 1.54) is 0 Å². The van der Waals surface area contributed by atoms with E-state index in [9.17, 15) is 40.9 Å². The molecule has 2 aliphatic rings. The fourth-order valence-electron chi connectivity index (χ4n) is 3.07. The van der Waals surface area contributed by atoms with E-state index in [2.05, 4.69) is 0 Å². The number of aliphatic hydroxyl groups excluding tert-OH is 8. The Morgan fingerprint density at radius 1 is 0.720 bits per heavy atom. The summed E-state index contributed by atoms with van der Waals surface area (Å²) >= 11 is 0. The maximum absolute atomic E-state index is 10.1. The zero-order chi connectivity index (χ0) is 19.0. The Morgan fingerprint density at radius 3 is 1.84 bits per heavy atom. The molecule has 1 saturated carbocycles. The number of ether oxygens (including phenoxy) is 2. The first-order valence-electron chi connectivity index (χ1n) is 7.67. The van der Waals surface area contributed by atoms with Crippen LogP contribution in [0.3, 0.4) is 0 Å². The van der Waals surface area contributed by atoms with Crippen molar-refractivity contribution in [1.82, 2.24) is 0 Å². The summed E-state index contributed by atoms with van der Waals surface area (Å²) in [5, 5.41) is 96.0. The van der Waals surface area contributed by atoms with Gasteiger partial charge in [0.25, 0.3) is 0 Å². The molecule has 10 N–H and O–H groups in total. The molecule has 2 rings (SSSR count). The maximum Gasteiger partial charge on any atom is 0.187 e. The Balaban J connectivity index is 2.17. The number of rotatable bonds is 4. The highest BCUT2D eigenvalue weighted by Crippen LogP contribution is 2.33. The molecule has 0 bridgehead atoms. The molecule has 10 unspecified atom stereocenters. The van der Waals surface area contributed by atoms with Crippen LogP contribution in [0.15, 0.2) is 0 Å². The predicted molar refractivity (Wildman–Crippen MR) is 74.1 cm³/mol. The molecule has 10 atom stereocenters. The molecule has 1 saturated heterocycles. The van der Waals surface area contributed by atoms with Crippen LogP contribution in [0.2, 0.25) is 0 Å². The third-order valence-electron chi connectivity index (χ3n) is 4.59. The summed E-state index contributed by atoms with van der Waals surface area (Å²) in [6.07, 6.45) is -20.3. The first kappa shape index (κ1) is 20.8. The molecule has 0 spiro atoms. The Morgan fingerprint density at radius 2 is 1.32 bits per heavy atom. The zero-order valence-corrected chi connectivity index (χ0v) is 12.9. The second-order valence-electron chi connectivity index (χ2n) is 6.32. The molecule has 12 heteroatoms. The predicted octanol–water partition coefficient (Wildman–Crippen LogP) is -6.10. The van der Waals surface area contributed by atoms with Gasteiger partial charge in [-0.15, -0.1) is 0 Å². The van der Waals surface area contributed by atoms with Crippen molar-refractivity contribution in [3.63, 3.8) is 0 Å². The fourth-order valence-corrected chi connectivity index (χ4v) is 3.07. The summed E-state index contributed by atoms with van der Waals surface area (Å²) < 4.78 is 10.1. The van der Waals surface area contributed by atoms with Crippen molar-refractivity contribution in [1.29, 1.82) is 0 Å². The minimum atomic E-state index is -2.23. The lowest BCUT2D eigenvalue weighted by Gasteiger charge is -2.46. The van der Waals surface area contributed by atoms with Crippen LogP contribution in [-0.2, 0) is 9.47 Å². The second-order valence-corrected chi connectivity index (χ2v) is 6.32. The van der Waals surface area contributed by atoms with Gasteiger partial charge in [-0.3, -0.25) is 0 Å². The van der Waals surface area contributed by atoms with Crippen LogP contribution in [0.1, 0.15) is 6.42 Å². The monoisotopic (exact) mass is 372 g/mol. The van der Waals surface area contributed by atoms with Gasteiger partial charge in [0.05, 0.1) is 12.2 Å². The molecule has 0 radical (unpaired) electrons. The van der Waals surface area contributed by atoms with E-state index in [0.717, 1.165) is 0 Å². The van der Waals surface area contributed by atoms with E-state index >= 15 is 0 Å². The molecule has 1 aliphatic carbocycles. The van der Waals surface area contributed by atoms with Crippen LogP contribution >= 0.6 is 0 Å². The number of hydrogen-bond donors (Lipinski definition) is 10. The molecule has 0 aromatic rings. The molecule has 1 heterocycles. The standard InChI is InChI=1S/C13H24O12/c14-3-1-2(11(20)21)4(15)9(5(3)16)24-13-8(19)6(17)7(18)10(25-13)12(22)23/h2-23H,1H2. The molecule has 0 aromatic heterocycles. The van der Waals surface area contributed by atoms with Gasteiger partial charge in [-0.1, -0.05) is 0 Å². The molecule has 0 amide bonds. The highest BCUT2D eigenvalue weighted by molar-refractivity contribution is 4.96. The van der Waals surface area contributed by atoms with Gasteiger partial charge in [-0.25, -0.2) is 0 Å². The van der Waals surface area contributed by atoms with Crippen molar-refractivity contribution in [3.8, 4) is 0 Å². The highest BCUT2D eigenvalue weighted by Gasteiger charge is 2.51. The van der Waals surface area contributed by atoms with Crippen LogP contribution in [0.4, 0.5) is 0 Å². The maximum atomic E-state index is 10.1. The van der Waals surface area contributed by atoms with Crippen molar-refractivity contribution < 1.29 is 60.5 Å². The summed E-state index contributed by atoms with van der Waals surface area (Å²) in [7, 11) is 0. The first-order chi connectivity index (χ1) is 11.6. The van der Waals surface area contributed by atoms with Gasteiger partial charge in [0.2, 0.25) is 0 Å². The van der Waals surface area contributed by atoms with Crippen molar-refractivity contribution in [2.24, 2.45) is 5.92 Å². The lowest BCUT2D eigenvalue weighted by atomic mass is 9.80. The van der Waals surface area contributed by atoms with Gasteiger partial charge in [0.15, 0.2) is 18.9 Å². The van der Waals surface area contributed by atoms with E-state index in [-0.39, 0.29) is 6.42 Å². The van der Waals surface area contributed by atoms with Crippen molar-refractivity contribution in [3.05, 3.63) is 0 Å². The van der Waals surface area contributed by atoms with E-state index < -0.39 is 73.6 Å². The normalized spacial score (nSPS) is 49.0. The van der Waals surface area contributed by atoms with Crippen molar-refractivity contribution >= 4 is 0 Å². The molecule has 148 valence electrons. The van der Waals surface area contributed by atoms with Crippen molar-refractivity contribution in [2.45, 2.75) is 74.1 Å². The number of aliphatic hydroxyl groups is 10. The summed E-state index contributed by atoms with van der Waals surface area (Å²) in [5.41, 5.74) is 0. The van der Waals surface area contributed by atoms with Crippen LogP contribution in [-0.4, -0.2) is 119 Å². The van der Waals surface area contributed by atoms with Crippen LogP contribution in [0.5, 0.6) is 0 Å². The second kappa shape index (κ2) is 8.04. The Kier molecular flexibility index (Phi) is 6.70. The largest absolute Gasteiger partial charge is 0.390 e. The Hall–Kier alpha value is -0.480. The quantitative estimate of drug-likeness (QED) is 0.208. The zero-order valence-electron chi connectivity index (χ0n) is 12.9. The van der Waals surface area contributed by atoms with Gasteiger partial charge >= 0.3 is 0 Å². The number of hydrogen-bond acceptors (Lipinski definition) is 12. The average Bonchev–Trinajstić information content (AvgIpc) is 2.54. The van der Waals surface area contributed by atoms with Gasteiger partial charge in [0.1, 0.15) is 36.6 Å². The fraction of sp³-hybridized carbons (Fsp3) is 1.00. The van der Waals surface area contributed by atoms with E-state index in [1.807, 2.05) is 0 Å². The van der Waals surface area contributed by atoms with Gasteiger partial charge < -0.3 is 60.5 Å². The Bertz CT molecular complexity index is 433. The highest BCUT2D eigenvalue weighted by atomic mass is 16.7. The van der Waals surface area contributed by atoms with E-state index in [4.69, 9.17) is 19.7 Å². The molecule has 25 heavy (non-hydrogen) atoms. The van der Waals surface area contributed by atoms with Crippen LogP contribution < -0.4 is 0 Å². The molecular weight excluding hydrogens is 348 g/mol. The summed E-state index contributed by atoms with van der Waals surface area (Å²) in [5.74, 6) is -1.28. The third kappa shape index (κ3) is 4.10. The molecule has 12 nitrogen and oxygen atoms in total. The molecule has 2 fully saturated rings. The topological polar surface area (TPSA) is 221 Å². The smallest absolute Gasteiger partial charge is 0.187 e. The van der Waals surface area contributed by atoms with E-state index in [1.54, 1.807) is 0 Å². The molecule has 0 aromatic carbocycles. The van der Waals surface area contributed by atoms with Gasteiger partial charge in [0, 0.05) is 5.92 Å². The first-order valence-corrected chi connectivity index (χ1v) is 7.67.